The number of nitrogens with zero attached hydrogens (tertiary/aromatic N) is 4. The third-order valence-corrected chi connectivity index (χ3v) is 8.34. The highest BCUT2D eigenvalue weighted by Gasteiger charge is 2.33. The van der Waals surface area contributed by atoms with Crippen LogP contribution >= 0.6 is 11.6 Å². The molecular weight excluding hydrogens is 482 g/mol. The summed E-state index contributed by atoms with van der Waals surface area (Å²) in [4.78, 5) is 28.0. The average Bonchev–Trinajstić information content (AvgIpc) is 3.26. The lowest BCUT2D eigenvalue weighted by Gasteiger charge is -2.30. The molecule has 2 aliphatic rings. The van der Waals surface area contributed by atoms with E-state index in [1.807, 2.05) is 6.92 Å². The zero-order valence-corrected chi connectivity index (χ0v) is 20.5. The third kappa shape index (κ3) is 5.12. The topological polar surface area (TPSA) is 114 Å². The van der Waals surface area contributed by atoms with Gasteiger partial charge in [0.15, 0.2) is 0 Å². The summed E-state index contributed by atoms with van der Waals surface area (Å²) in [7, 11) is -3.65. The number of amides is 2. The fourth-order valence-electron chi connectivity index (χ4n) is 4.21. The van der Waals surface area contributed by atoms with Gasteiger partial charge in [-0.3, -0.25) is 14.3 Å². The number of hydrogen-bond acceptors (Lipinski definition) is 6. The molecule has 4 rings (SSSR count). The first-order chi connectivity index (χ1) is 16.3. The number of benzene rings is 1. The number of carbonyl (C=O) groups excluding carboxylic acids is 2. The van der Waals surface area contributed by atoms with Gasteiger partial charge in [0.25, 0.3) is 5.91 Å². The van der Waals surface area contributed by atoms with Crippen molar-refractivity contribution in [3.8, 4) is 0 Å². The standard InChI is InChI=1S/C22H28ClN5O5S/c1-2-28-20(22(30)26-11-13-33-14-12-26)19(15-24-28)25-21(29)16-7-9-27(10-8-16)34(31,32)18-5-3-17(23)4-6-18/h3-6,15-16H,2,7-14H2,1H3,(H,25,29). The Morgan fingerprint density at radius 3 is 2.38 bits per heavy atom. The molecule has 2 fully saturated rings. The smallest absolute Gasteiger partial charge is 0.274 e. The van der Waals surface area contributed by atoms with Crippen LogP contribution in [-0.4, -0.2) is 78.6 Å². The fourth-order valence-corrected chi connectivity index (χ4v) is 5.80. The second-order valence-corrected chi connectivity index (χ2v) is 10.6. The number of morpholine rings is 1. The highest BCUT2D eigenvalue weighted by Crippen LogP contribution is 2.26. The molecule has 0 aliphatic carbocycles. The molecular formula is C22H28ClN5O5S. The predicted molar refractivity (Wildman–Crippen MR) is 126 cm³/mol. The van der Waals surface area contributed by atoms with E-state index in [-0.39, 0.29) is 35.7 Å². The molecule has 3 heterocycles. The quantitative estimate of drug-likeness (QED) is 0.637. The molecule has 0 atom stereocenters. The van der Waals surface area contributed by atoms with E-state index >= 15 is 0 Å². The van der Waals surface area contributed by atoms with Crippen molar-refractivity contribution in [1.29, 1.82) is 0 Å². The molecule has 12 heteroatoms. The molecule has 1 aromatic carbocycles. The van der Waals surface area contributed by atoms with Gasteiger partial charge in [-0.25, -0.2) is 8.42 Å². The lowest BCUT2D eigenvalue weighted by atomic mass is 9.97. The van der Waals surface area contributed by atoms with Gasteiger partial charge >= 0.3 is 0 Å². The molecule has 0 bridgehead atoms. The zero-order valence-electron chi connectivity index (χ0n) is 18.9. The second-order valence-electron chi connectivity index (χ2n) is 8.25. The Morgan fingerprint density at radius 2 is 1.76 bits per heavy atom. The molecule has 0 spiro atoms. The van der Waals surface area contributed by atoms with Crippen molar-refractivity contribution in [2.45, 2.75) is 31.2 Å². The predicted octanol–water partition coefficient (Wildman–Crippen LogP) is 2.07. The van der Waals surface area contributed by atoms with Gasteiger partial charge in [-0.2, -0.15) is 9.40 Å². The van der Waals surface area contributed by atoms with Gasteiger partial charge in [-0.15, -0.1) is 0 Å². The van der Waals surface area contributed by atoms with E-state index in [9.17, 15) is 18.0 Å². The Kier molecular flexibility index (Phi) is 7.56. The summed E-state index contributed by atoms with van der Waals surface area (Å²) >= 11 is 5.87. The van der Waals surface area contributed by atoms with E-state index in [2.05, 4.69) is 10.4 Å². The van der Waals surface area contributed by atoms with Crippen LogP contribution < -0.4 is 5.32 Å². The van der Waals surface area contributed by atoms with E-state index in [0.717, 1.165) is 0 Å². The van der Waals surface area contributed by atoms with Crippen LogP contribution in [0.15, 0.2) is 35.4 Å². The van der Waals surface area contributed by atoms with Gasteiger partial charge in [-0.05, 0) is 44.0 Å². The number of carbonyl (C=O) groups is 2. The van der Waals surface area contributed by atoms with Crippen LogP contribution in [0.3, 0.4) is 0 Å². The fraction of sp³-hybridized carbons (Fsp3) is 0.500. The molecule has 2 aliphatic heterocycles. The van der Waals surface area contributed by atoms with Gasteiger partial charge < -0.3 is 15.0 Å². The molecule has 0 unspecified atom stereocenters. The van der Waals surface area contributed by atoms with Gasteiger partial charge in [0.05, 0.1) is 30.0 Å². The van der Waals surface area contributed by atoms with E-state index in [0.29, 0.717) is 62.1 Å². The van der Waals surface area contributed by atoms with Crippen LogP contribution in [-0.2, 0) is 26.1 Å². The second kappa shape index (κ2) is 10.4. The molecule has 184 valence electrons. The van der Waals surface area contributed by atoms with Crippen LogP contribution in [0.4, 0.5) is 5.69 Å². The van der Waals surface area contributed by atoms with Crippen molar-refractivity contribution >= 4 is 39.1 Å². The van der Waals surface area contributed by atoms with Gasteiger partial charge in [-0.1, -0.05) is 11.6 Å². The molecule has 2 amide bonds. The first-order valence-corrected chi connectivity index (χ1v) is 13.1. The van der Waals surface area contributed by atoms with Crippen molar-refractivity contribution in [3.05, 3.63) is 41.2 Å². The van der Waals surface area contributed by atoms with E-state index < -0.39 is 10.0 Å². The summed E-state index contributed by atoms with van der Waals surface area (Å²) in [6, 6.07) is 6.05. The first-order valence-electron chi connectivity index (χ1n) is 11.3. The van der Waals surface area contributed by atoms with Gasteiger partial charge in [0.2, 0.25) is 15.9 Å². The lowest BCUT2D eigenvalue weighted by molar-refractivity contribution is -0.120. The molecule has 10 nitrogen and oxygen atoms in total. The summed E-state index contributed by atoms with van der Waals surface area (Å²) in [5.41, 5.74) is 0.722. The molecule has 1 aromatic heterocycles. The molecule has 2 aromatic rings. The maximum Gasteiger partial charge on any atom is 0.274 e. The minimum Gasteiger partial charge on any atom is -0.378 e. The zero-order chi connectivity index (χ0) is 24.3. The van der Waals surface area contributed by atoms with Crippen molar-refractivity contribution in [2.75, 3.05) is 44.7 Å². The average molecular weight is 510 g/mol. The van der Waals surface area contributed by atoms with Crippen LogP contribution in [0.25, 0.3) is 0 Å². The number of piperidine rings is 1. The summed E-state index contributed by atoms with van der Waals surface area (Å²) < 4.78 is 34.1. The van der Waals surface area contributed by atoms with Crippen molar-refractivity contribution in [1.82, 2.24) is 19.0 Å². The Morgan fingerprint density at radius 1 is 1.12 bits per heavy atom. The highest BCUT2D eigenvalue weighted by atomic mass is 35.5. The number of hydrogen-bond donors (Lipinski definition) is 1. The summed E-state index contributed by atoms with van der Waals surface area (Å²) in [5, 5.41) is 7.59. The number of anilines is 1. The number of rotatable bonds is 6. The highest BCUT2D eigenvalue weighted by molar-refractivity contribution is 7.89. The maximum absolute atomic E-state index is 13.1. The molecule has 34 heavy (non-hydrogen) atoms. The normalized spacial score (nSPS) is 18.1. The molecule has 0 radical (unpaired) electrons. The van der Waals surface area contributed by atoms with E-state index in [1.165, 1.54) is 22.6 Å². The van der Waals surface area contributed by atoms with Crippen LogP contribution in [0.5, 0.6) is 0 Å². The third-order valence-electron chi connectivity index (χ3n) is 6.17. The molecule has 2 saturated heterocycles. The van der Waals surface area contributed by atoms with Crippen molar-refractivity contribution < 1.29 is 22.7 Å². The van der Waals surface area contributed by atoms with Crippen LogP contribution in [0, 0.1) is 5.92 Å². The number of aromatic nitrogens is 2. The summed E-state index contributed by atoms with van der Waals surface area (Å²) in [5.74, 6) is -0.801. The first kappa shape index (κ1) is 24.6. The van der Waals surface area contributed by atoms with Crippen molar-refractivity contribution in [2.24, 2.45) is 5.92 Å². The molecule has 0 saturated carbocycles. The van der Waals surface area contributed by atoms with Gasteiger partial charge in [0.1, 0.15) is 5.69 Å². The molecule has 1 N–H and O–H groups in total. The SMILES string of the molecule is CCn1ncc(NC(=O)C2CCN(S(=O)(=O)c3ccc(Cl)cc3)CC2)c1C(=O)N1CCOCC1. The maximum atomic E-state index is 13.1. The minimum absolute atomic E-state index is 0.179. The van der Waals surface area contributed by atoms with E-state index in [4.69, 9.17) is 16.3 Å². The minimum atomic E-state index is -3.65. The van der Waals surface area contributed by atoms with Crippen molar-refractivity contribution in [3.63, 3.8) is 0 Å². The number of aryl methyl sites for hydroxylation is 1. The number of sulfonamides is 1. The summed E-state index contributed by atoms with van der Waals surface area (Å²) in [6.45, 7) is 4.77. The lowest BCUT2D eigenvalue weighted by Crippen LogP contribution is -2.42. The van der Waals surface area contributed by atoms with E-state index in [1.54, 1.807) is 21.7 Å². The Bertz CT molecular complexity index is 1140. The number of ether oxygens (including phenoxy) is 1. The summed E-state index contributed by atoms with van der Waals surface area (Å²) in [6.07, 6.45) is 2.26. The Hall–Kier alpha value is -2.47. The number of halogens is 1. The van der Waals surface area contributed by atoms with Crippen LogP contribution in [0.2, 0.25) is 5.02 Å². The van der Waals surface area contributed by atoms with Crippen LogP contribution in [0.1, 0.15) is 30.3 Å². The Labute approximate surface area is 203 Å². The largest absolute Gasteiger partial charge is 0.378 e. The Balaban J connectivity index is 1.41. The van der Waals surface area contributed by atoms with Gasteiger partial charge in [0, 0.05) is 43.7 Å². The number of nitrogens with one attached hydrogen (secondary N) is 1. The monoisotopic (exact) mass is 509 g/mol.